The van der Waals surface area contributed by atoms with Crippen LogP contribution in [0.5, 0.6) is 0 Å². The van der Waals surface area contributed by atoms with E-state index >= 15 is 0 Å². The van der Waals surface area contributed by atoms with Crippen LogP contribution in [0, 0.1) is 0 Å². The first-order chi connectivity index (χ1) is 5.29. The lowest BCUT2D eigenvalue weighted by Crippen LogP contribution is -1.84. The van der Waals surface area contributed by atoms with Gasteiger partial charge in [0.1, 0.15) is 0 Å². The van der Waals surface area contributed by atoms with E-state index in [1.165, 1.54) is 5.56 Å². The van der Waals surface area contributed by atoms with Crippen molar-refractivity contribution in [3.05, 3.63) is 41.6 Å². The standard InChI is InChI=1S/C9H11NS/c1-8(11)4-5-9-3-2-6-10-7-9/h2-3,6-7,11H,1,4-5H2. The van der Waals surface area contributed by atoms with E-state index in [9.17, 15) is 0 Å². The molecule has 0 radical (unpaired) electrons. The number of hydrogen-bond acceptors (Lipinski definition) is 2. The molecule has 0 unspecified atom stereocenters. The molecule has 1 nitrogen and oxygen atoms in total. The van der Waals surface area contributed by atoms with Crippen molar-refractivity contribution in [1.82, 2.24) is 4.98 Å². The van der Waals surface area contributed by atoms with Crippen molar-refractivity contribution in [3.8, 4) is 0 Å². The third kappa shape index (κ3) is 3.23. The van der Waals surface area contributed by atoms with Gasteiger partial charge in [0.25, 0.3) is 0 Å². The molecule has 0 amide bonds. The third-order valence-electron chi connectivity index (χ3n) is 1.43. The molecule has 0 atom stereocenters. The molecule has 2 heteroatoms. The maximum absolute atomic E-state index is 4.11. The first kappa shape index (κ1) is 8.34. The highest BCUT2D eigenvalue weighted by Gasteiger charge is 1.91. The minimum atomic E-state index is 0.925. The van der Waals surface area contributed by atoms with Gasteiger partial charge in [-0.3, -0.25) is 4.98 Å². The second-order valence-corrected chi connectivity index (χ2v) is 3.06. The Morgan fingerprint density at radius 2 is 2.45 bits per heavy atom. The van der Waals surface area contributed by atoms with E-state index in [-0.39, 0.29) is 0 Å². The lowest BCUT2D eigenvalue weighted by molar-refractivity contribution is 0.980. The smallest absolute Gasteiger partial charge is 0.0299 e. The second-order valence-electron chi connectivity index (χ2n) is 2.43. The maximum atomic E-state index is 4.11. The Balaban J connectivity index is 2.45. The van der Waals surface area contributed by atoms with Gasteiger partial charge in [-0.2, -0.15) is 0 Å². The van der Waals surface area contributed by atoms with Crippen LogP contribution in [0.25, 0.3) is 0 Å². The van der Waals surface area contributed by atoms with Crippen LogP contribution in [0.15, 0.2) is 36.0 Å². The van der Waals surface area contributed by atoms with Crippen molar-refractivity contribution >= 4 is 12.6 Å². The van der Waals surface area contributed by atoms with Gasteiger partial charge < -0.3 is 0 Å². The van der Waals surface area contributed by atoms with E-state index in [1.807, 2.05) is 12.3 Å². The van der Waals surface area contributed by atoms with Crippen molar-refractivity contribution in [2.45, 2.75) is 12.8 Å². The van der Waals surface area contributed by atoms with Crippen LogP contribution < -0.4 is 0 Å². The third-order valence-corrected chi connectivity index (χ3v) is 1.65. The maximum Gasteiger partial charge on any atom is 0.0299 e. The molecule has 0 aliphatic heterocycles. The minimum absolute atomic E-state index is 0.925. The fraction of sp³-hybridized carbons (Fsp3) is 0.222. The molecule has 1 heterocycles. The summed E-state index contributed by atoms with van der Waals surface area (Å²) in [5.41, 5.74) is 1.24. The molecule has 0 N–H and O–H groups in total. The zero-order valence-corrected chi connectivity index (χ0v) is 7.22. The lowest BCUT2D eigenvalue weighted by Gasteiger charge is -1.97. The lowest BCUT2D eigenvalue weighted by atomic mass is 10.1. The van der Waals surface area contributed by atoms with Crippen LogP contribution in [0.4, 0.5) is 0 Å². The molecular weight excluding hydrogens is 154 g/mol. The molecule has 0 aliphatic rings. The van der Waals surface area contributed by atoms with Crippen molar-refractivity contribution in [3.63, 3.8) is 0 Å². The van der Waals surface area contributed by atoms with Gasteiger partial charge in [0.15, 0.2) is 0 Å². The molecule has 1 aromatic heterocycles. The Labute approximate surface area is 72.6 Å². The number of allylic oxidation sites excluding steroid dienone is 1. The zero-order valence-electron chi connectivity index (χ0n) is 6.33. The number of thiol groups is 1. The molecule has 1 aromatic rings. The Hall–Kier alpha value is -0.760. The van der Waals surface area contributed by atoms with Crippen LogP contribution in [0.3, 0.4) is 0 Å². The van der Waals surface area contributed by atoms with E-state index in [1.54, 1.807) is 6.20 Å². The van der Waals surface area contributed by atoms with Gasteiger partial charge in [-0.15, -0.1) is 12.6 Å². The highest BCUT2D eigenvalue weighted by atomic mass is 32.1. The topological polar surface area (TPSA) is 12.9 Å². The number of pyridine rings is 1. The Bertz CT molecular complexity index is 231. The first-order valence-electron chi connectivity index (χ1n) is 3.54. The normalized spacial score (nSPS) is 9.55. The zero-order chi connectivity index (χ0) is 8.10. The molecule has 0 saturated heterocycles. The van der Waals surface area contributed by atoms with Crippen molar-refractivity contribution in [2.75, 3.05) is 0 Å². The monoisotopic (exact) mass is 165 g/mol. The average molecular weight is 165 g/mol. The van der Waals surface area contributed by atoms with Crippen LogP contribution >= 0.6 is 12.6 Å². The van der Waals surface area contributed by atoms with Gasteiger partial charge in [-0.1, -0.05) is 12.6 Å². The summed E-state index contributed by atoms with van der Waals surface area (Å²) in [6, 6.07) is 4.00. The number of hydrogen-bond donors (Lipinski definition) is 1. The van der Waals surface area contributed by atoms with Crippen LogP contribution in [0.2, 0.25) is 0 Å². The minimum Gasteiger partial charge on any atom is -0.264 e. The summed E-state index contributed by atoms with van der Waals surface area (Å²) in [6.45, 7) is 3.71. The molecular formula is C9H11NS. The van der Waals surface area contributed by atoms with Gasteiger partial charge in [0.05, 0.1) is 0 Å². The molecule has 0 bridgehead atoms. The summed E-state index contributed by atoms with van der Waals surface area (Å²) in [5.74, 6) is 0. The van der Waals surface area contributed by atoms with Gasteiger partial charge in [-0.25, -0.2) is 0 Å². The van der Waals surface area contributed by atoms with Crippen molar-refractivity contribution in [1.29, 1.82) is 0 Å². The Morgan fingerprint density at radius 3 is 3.00 bits per heavy atom. The number of aromatic nitrogens is 1. The van der Waals surface area contributed by atoms with E-state index < -0.39 is 0 Å². The number of rotatable bonds is 3. The molecule has 11 heavy (non-hydrogen) atoms. The van der Waals surface area contributed by atoms with E-state index in [0.29, 0.717) is 0 Å². The SMILES string of the molecule is C=C(S)CCc1cccnc1. The summed E-state index contributed by atoms with van der Waals surface area (Å²) in [6.07, 6.45) is 5.56. The van der Waals surface area contributed by atoms with Gasteiger partial charge >= 0.3 is 0 Å². The summed E-state index contributed by atoms with van der Waals surface area (Å²) in [4.78, 5) is 4.93. The molecule has 0 fully saturated rings. The predicted molar refractivity (Wildman–Crippen MR) is 50.7 cm³/mol. The fourth-order valence-corrected chi connectivity index (χ4v) is 0.946. The molecule has 1 rings (SSSR count). The van der Waals surface area contributed by atoms with E-state index in [2.05, 4.69) is 30.3 Å². The number of nitrogens with zero attached hydrogens (tertiary/aromatic N) is 1. The Kier molecular flexibility index (Phi) is 3.17. The largest absolute Gasteiger partial charge is 0.264 e. The number of aryl methyl sites for hydroxylation is 1. The molecule has 0 spiro atoms. The predicted octanol–water partition coefficient (Wildman–Crippen LogP) is 2.46. The highest BCUT2D eigenvalue weighted by molar-refractivity contribution is 7.84. The second kappa shape index (κ2) is 4.19. The summed E-state index contributed by atoms with van der Waals surface area (Å²) in [5, 5.41) is 0. The molecule has 0 saturated carbocycles. The van der Waals surface area contributed by atoms with E-state index in [4.69, 9.17) is 0 Å². The highest BCUT2D eigenvalue weighted by Crippen LogP contribution is 2.08. The first-order valence-corrected chi connectivity index (χ1v) is 3.99. The Morgan fingerprint density at radius 1 is 1.64 bits per heavy atom. The van der Waals surface area contributed by atoms with Gasteiger partial charge in [0, 0.05) is 12.4 Å². The van der Waals surface area contributed by atoms with Gasteiger partial charge in [-0.05, 0) is 29.4 Å². The fourth-order valence-electron chi connectivity index (χ4n) is 0.835. The van der Waals surface area contributed by atoms with Gasteiger partial charge in [0.2, 0.25) is 0 Å². The summed E-state index contributed by atoms with van der Waals surface area (Å²) in [7, 11) is 0. The summed E-state index contributed by atoms with van der Waals surface area (Å²) < 4.78 is 0. The average Bonchev–Trinajstić information content (AvgIpc) is 2.03. The molecule has 58 valence electrons. The summed E-state index contributed by atoms with van der Waals surface area (Å²) >= 11 is 4.11. The van der Waals surface area contributed by atoms with Crippen molar-refractivity contribution in [2.24, 2.45) is 0 Å². The van der Waals surface area contributed by atoms with E-state index in [0.717, 1.165) is 17.7 Å². The van der Waals surface area contributed by atoms with Crippen LogP contribution in [0.1, 0.15) is 12.0 Å². The van der Waals surface area contributed by atoms with Crippen LogP contribution in [-0.4, -0.2) is 4.98 Å². The molecule has 0 aromatic carbocycles. The quantitative estimate of drug-likeness (QED) is 0.679. The van der Waals surface area contributed by atoms with Crippen LogP contribution in [-0.2, 0) is 6.42 Å². The molecule has 0 aliphatic carbocycles. The van der Waals surface area contributed by atoms with Crippen molar-refractivity contribution < 1.29 is 0 Å².